The van der Waals surface area contributed by atoms with Crippen LogP contribution in [-0.4, -0.2) is 64.8 Å². The highest BCUT2D eigenvalue weighted by molar-refractivity contribution is 6.35. The molecule has 3 aliphatic rings. The molecule has 2 N–H and O–H groups in total. The van der Waals surface area contributed by atoms with Crippen LogP contribution in [0.3, 0.4) is 0 Å². The molecule has 1 fully saturated rings. The zero-order valence-corrected chi connectivity index (χ0v) is 26.9. The Morgan fingerprint density at radius 3 is 2.30 bits per heavy atom. The molecule has 0 saturated carbocycles. The predicted octanol–water partition coefficient (Wildman–Crippen LogP) is 3.62. The normalized spacial score (nSPS) is 30.6. The van der Waals surface area contributed by atoms with E-state index in [1.54, 1.807) is 62.7 Å². The molecule has 6 atom stereocenters. The predicted molar refractivity (Wildman–Crippen MR) is 167 cm³/mol. The lowest BCUT2D eigenvalue weighted by atomic mass is 9.69. The third-order valence-electron chi connectivity index (χ3n) is 7.87. The summed E-state index contributed by atoms with van der Waals surface area (Å²) in [5, 5.41) is 5.22. The lowest BCUT2D eigenvalue weighted by Crippen LogP contribution is -2.61. The number of aromatic nitrogens is 1. The molecule has 2 bridgehead atoms. The Kier molecular flexibility index (Phi) is 12.3. The Labute approximate surface area is 268 Å². The van der Waals surface area contributed by atoms with Gasteiger partial charge in [-0.15, -0.1) is 0 Å². The number of carbonyl (C=O) groups is 6. The van der Waals surface area contributed by atoms with Crippen molar-refractivity contribution in [2.75, 3.05) is 0 Å². The van der Waals surface area contributed by atoms with Crippen molar-refractivity contribution in [2.24, 2.45) is 11.3 Å². The number of ketones is 2. The molecule has 0 radical (unpaired) electrons. The zero-order valence-electron chi connectivity index (χ0n) is 26.9. The Balaban J connectivity index is 2.03. The van der Waals surface area contributed by atoms with E-state index in [-0.39, 0.29) is 19.4 Å². The van der Waals surface area contributed by atoms with Gasteiger partial charge in [0.25, 0.3) is 5.91 Å². The second-order valence-corrected chi connectivity index (χ2v) is 11.7. The number of amides is 2. The molecular formula is C34H41N3O9. The highest BCUT2D eigenvalue weighted by Crippen LogP contribution is 2.38. The average molecular weight is 636 g/mol. The first-order valence-corrected chi connectivity index (χ1v) is 15.0. The quantitative estimate of drug-likeness (QED) is 0.204. The van der Waals surface area contributed by atoms with Crippen LogP contribution >= 0.6 is 0 Å². The Morgan fingerprint density at radius 1 is 1.00 bits per heavy atom. The van der Waals surface area contributed by atoms with Gasteiger partial charge in [-0.3, -0.25) is 29.0 Å². The van der Waals surface area contributed by atoms with Gasteiger partial charge in [0.2, 0.25) is 5.78 Å². The molecule has 12 heteroatoms. The molecule has 4 rings (SSSR count). The van der Waals surface area contributed by atoms with Gasteiger partial charge in [-0.05, 0) is 50.6 Å². The number of carbonyl (C=O) groups excluding carboxylic acids is 6. The number of hydrogen-bond acceptors (Lipinski definition) is 10. The first-order valence-electron chi connectivity index (χ1n) is 15.0. The van der Waals surface area contributed by atoms with Gasteiger partial charge in [0.1, 0.15) is 23.7 Å². The van der Waals surface area contributed by atoms with Crippen LogP contribution in [-0.2, 0) is 44.7 Å². The van der Waals surface area contributed by atoms with Crippen LogP contribution in [0.2, 0.25) is 0 Å². The van der Waals surface area contributed by atoms with E-state index in [9.17, 15) is 28.8 Å². The van der Waals surface area contributed by atoms with Gasteiger partial charge < -0.3 is 24.8 Å². The van der Waals surface area contributed by atoms with E-state index in [4.69, 9.17) is 14.2 Å². The number of nitrogens with zero attached hydrogens (tertiary/aromatic N) is 1. The molecule has 1 aromatic heterocycles. The van der Waals surface area contributed by atoms with Crippen molar-refractivity contribution < 1.29 is 43.0 Å². The maximum atomic E-state index is 13.9. The summed E-state index contributed by atoms with van der Waals surface area (Å²) in [5.41, 5.74) is 0.244. The number of allylic oxidation sites excluding steroid dienone is 4. The van der Waals surface area contributed by atoms with Crippen LogP contribution < -0.4 is 10.6 Å². The summed E-state index contributed by atoms with van der Waals surface area (Å²) >= 11 is 0. The number of Topliss-reactive ketones (excluding diaryl/α,β-unsaturated/α-hetero) is 2. The van der Waals surface area contributed by atoms with Gasteiger partial charge in [0.05, 0.1) is 12.0 Å². The number of nitrogens with one attached hydrogen (secondary N) is 2. The third kappa shape index (κ3) is 9.56. The van der Waals surface area contributed by atoms with Crippen molar-refractivity contribution in [3.05, 3.63) is 77.7 Å². The number of esters is 2. The molecule has 246 valence electrons. The van der Waals surface area contributed by atoms with Crippen LogP contribution in [0.25, 0.3) is 0 Å². The lowest BCUT2D eigenvalue weighted by molar-refractivity contribution is -0.182. The summed E-state index contributed by atoms with van der Waals surface area (Å²) in [6, 6.07) is 2.28. The Morgan fingerprint density at radius 2 is 1.65 bits per heavy atom. The van der Waals surface area contributed by atoms with Crippen LogP contribution in [0.4, 0.5) is 4.79 Å². The summed E-state index contributed by atoms with van der Waals surface area (Å²) in [6.07, 6.45) is 10.4. The summed E-state index contributed by atoms with van der Waals surface area (Å²) in [7, 11) is 0. The van der Waals surface area contributed by atoms with Crippen LogP contribution in [0, 0.1) is 11.3 Å². The van der Waals surface area contributed by atoms with Crippen molar-refractivity contribution >= 4 is 35.5 Å². The van der Waals surface area contributed by atoms with Crippen molar-refractivity contribution in [2.45, 2.75) is 85.3 Å². The fraction of sp³-hybridized carbons (Fsp3) is 0.441. The Hall–Kier alpha value is -4.87. The molecular weight excluding hydrogens is 594 g/mol. The van der Waals surface area contributed by atoms with Gasteiger partial charge in [-0.1, -0.05) is 42.4 Å². The van der Waals surface area contributed by atoms with Gasteiger partial charge in [-0.2, -0.15) is 0 Å². The molecule has 2 aliphatic heterocycles. The second kappa shape index (κ2) is 15.9. The maximum absolute atomic E-state index is 13.9. The minimum absolute atomic E-state index is 0.0162. The van der Waals surface area contributed by atoms with Gasteiger partial charge in [-0.25, -0.2) is 4.79 Å². The van der Waals surface area contributed by atoms with E-state index in [1.165, 1.54) is 19.9 Å². The van der Waals surface area contributed by atoms with Crippen molar-refractivity contribution in [3.8, 4) is 0 Å². The number of alkyl carbamates (subject to hydrolysis) is 1. The topological polar surface area (TPSA) is 167 Å². The maximum Gasteiger partial charge on any atom is 0.408 e. The van der Waals surface area contributed by atoms with Gasteiger partial charge in [0.15, 0.2) is 5.78 Å². The smallest absolute Gasteiger partial charge is 0.408 e. The summed E-state index contributed by atoms with van der Waals surface area (Å²) < 4.78 is 16.9. The molecule has 46 heavy (non-hydrogen) atoms. The van der Waals surface area contributed by atoms with Crippen LogP contribution in [0.5, 0.6) is 0 Å². The molecule has 1 aliphatic carbocycles. The van der Waals surface area contributed by atoms with Crippen molar-refractivity contribution in [3.63, 3.8) is 0 Å². The highest BCUT2D eigenvalue weighted by atomic mass is 16.6. The summed E-state index contributed by atoms with van der Waals surface area (Å²) in [4.78, 5) is 80.4. The molecule has 0 spiro atoms. The molecule has 2 amide bonds. The van der Waals surface area contributed by atoms with Gasteiger partial charge in [0, 0.05) is 45.6 Å². The van der Waals surface area contributed by atoms with Crippen LogP contribution in [0.15, 0.2) is 72.1 Å². The number of hydrogen-bond donors (Lipinski definition) is 2. The fourth-order valence-corrected chi connectivity index (χ4v) is 5.07. The number of fused-ring (bicyclic) bond motifs is 10. The van der Waals surface area contributed by atoms with Crippen LogP contribution in [0.1, 0.15) is 59.9 Å². The second-order valence-electron chi connectivity index (χ2n) is 11.7. The first-order chi connectivity index (χ1) is 21.7. The zero-order chi connectivity index (χ0) is 34.0. The van der Waals surface area contributed by atoms with E-state index in [0.717, 1.165) is 18.1 Å². The largest absolute Gasteiger partial charge is 0.461 e. The van der Waals surface area contributed by atoms with E-state index < -0.39 is 71.2 Å². The average Bonchev–Trinajstić information content (AvgIpc) is 3.01. The summed E-state index contributed by atoms with van der Waals surface area (Å²) in [5.74, 6) is -4.56. The minimum Gasteiger partial charge on any atom is -0.461 e. The molecule has 0 aromatic carbocycles. The van der Waals surface area contributed by atoms with E-state index in [2.05, 4.69) is 15.6 Å². The standard InChI is InChI=1S/C34H41N3O9/c1-20-7-10-26(45-33(43)36-19-25-13-15-35-16-14-25)11-9-21(2)17-29(37-31(41)23(4)38)34(6)30(40)22(3)28(46-32(34)42)18-27(12-8-20)44-24(5)39/h7-9,11-17,22,26-29H,10,18-19H2,1-6H3,(H,36,43)(H,37,41)/b11-9+,12-8+,20-7+,21-17+/t22-,26+,27-,28?,29-,34+/m1/s1. The number of pyridine rings is 1. The lowest BCUT2D eigenvalue weighted by Gasteiger charge is -2.42. The molecule has 1 aromatic rings. The Bertz CT molecular complexity index is 1460. The molecule has 1 unspecified atom stereocenters. The highest BCUT2D eigenvalue weighted by Gasteiger charge is 2.56. The van der Waals surface area contributed by atoms with E-state index in [0.29, 0.717) is 5.57 Å². The summed E-state index contributed by atoms with van der Waals surface area (Å²) in [6.45, 7) is 9.03. The number of rotatable bonds is 6. The minimum atomic E-state index is -1.88. The van der Waals surface area contributed by atoms with Gasteiger partial charge >= 0.3 is 18.0 Å². The van der Waals surface area contributed by atoms with Crippen molar-refractivity contribution in [1.29, 1.82) is 0 Å². The molecule has 12 nitrogen and oxygen atoms in total. The monoisotopic (exact) mass is 635 g/mol. The van der Waals surface area contributed by atoms with E-state index in [1.807, 2.05) is 13.0 Å². The third-order valence-corrected chi connectivity index (χ3v) is 7.87. The fourth-order valence-electron chi connectivity index (χ4n) is 5.07. The SMILES string of the molecule is CC(=O)O[C@@H]1/C=C/C(C)=C/C[C@H](OC(=O)NCc2ccncc2)/C=C/C(C)=C/[C@@H](NC(=O)C(C)=O)[C@]2(C)C(=O)OC(C1)[C@@H](C)C2=O. The molecule has 3 heterocycles. The van der Waals surface area contributed by atoms with E-state index >= 15 is 0 Å². The first kappa shape index (κ1) is 35.6. The van der Waals surface area contributed by atoms with Crippen molar-refractivity contribution in [1.82, 2.24) is 15.6 Å². The molecule has 1 saturated heterocycles. The number of ether oxygens (including phenoxy) is 3.